The first-order valence-electron chi connectivity index (χ1n) is 7.68. The van der Waals surface area contributed by atoms with Gasteiger partial charge in [0.25, 0.3) is 0 Å². The highest BCUT2D eigenvalue weighted by atomic mass is 15.1. The highest BCUT2D eigenvalue weighted by Gasteiger charge is 2.64. The van der Waals surface area contributed by atoms with Gasteiger partial charge in [-0.1, -0.05) is 39.8 Å². The van der Waals surface area contributed by atoms with Gasteiger partial charge in [-0.3, -0.25) is 0 Å². The molecule has 0 saturated heterocycles. The van der Waals surface area contributed by atoms with E-state index in [0.29, 0.717) is 22.9 Å². The fourth-order valence-electron chi connectivity index (χ4n) is 3.31. The molecule has 1 aliphatic rings. The fourth-order valence-corrected chi connectivity index (χ4v) is 3.31. The van der Waals surface area contributed by atoms with Crippen LogP contribution in [0.25, 0.3) is 5.69 Å². The van der Waals surface area contributed by atoms with Crippen molar-refractivity contribution in [2.24, 2.45) is 10.8 Å². The van der Waals surface area contributed by atoms with Crippen LogP contribution < -0.4 is 5.32 Å². The summed E-state index contributed by atoms with van der Waals surface area (Å²) >= 11 is 0. The molecular formula is C18H25N3. The van der Waals surface area contributed by atoms with Gasteiger partial charge in [-0.05, 0) is 35.4 Å². The standard InChI is InChI=1S/C18H25N3/c1-13(20-16-17(2,3)18(16,4)5)14-6-8-15(9-7-14)21-11-10-19-12-21/h6-13,16,20H,1-5H3. The van der Waals surface area contributed by atoms with Crippen LogP contribution >= 0.6 is 0 Å². The summed E-state index contributed by atoms with van der Waals surface area (Å²) in [5.41, 5.74) is 3.23. The van der Waals surface area contributed by atoms with Gasteiger partial charge in [-0.25, -0.2) is 4.98 Å². The summed E-state index contributed by atoms with van der Waals surface area (Å²) in [5, 5.41) is 3.79. The molecule has 1 unspecified atom stereocenters. The summed E-state index contributed by atoms with van der Waals surface area (Å²) < 4.78 is 2.02. The molecule has 112 valence electrons. The minimum absolute atomic E-state index is 0.368. The Balaban J connectivity index is 1.70. The van der Waals surface area contributed by atoms with Crippen molar-refractivity contribution in [3.05, 3.63) is 48.5 Å². The zero-order valence-electron chi connectivity index (χ0n) is 13.6. The van der Waals surface area contributed by atoms with E-state index in [4.69, 9.17) is 0 Å². The van der Waals surface area contributed by atoms with Crippen LogP contribution in [0.5, 0.6) is 0 Å². The topological polar surface area (TPSA) is 29.9 Å². The number of hydrogen-bond acceptors (Lipinski definition) is 2. The van der Waals surface area contributed by atoms with Crippen molar-refractivity contribution in [3.63, 3.8) is 0 Å². The Bertz CT molecular complexity index is 594. The molecule has 0 spiro atoms. The van der Waals surface area contributed by atoms with Crippen LogP contribution in [-0.2, 0) is 0 Å². The van der Waals surface area contributed by atoms with E-state index in [2.05, 4.69) is 69.2 Å². The molecule has 2 aromatic rings. The van der Waals surface area contributed by atoms with Gasteiger partial charge in [0.2, 0.25) is 0 Å². The molecular weight excluding hydrogens is 258 g/mol. The molecule has 0 bridgehead atoms. The van der Waals surface area contributed by atoms with Crippen LogP contribution in [0.2, 0.25) is 0 Å². The van der Waals surface area contributed by atoms with Gasteiger partial charge in [-0.15, -0.1) is 0 Å². The number of nitrogens with one attached hydrogen (secondary N) is 1. The van der Waals surface area contributed by atoms with Crippen LogP contribution in [0.3, 0.4) is 0 Å². The molecule has 1 heterocycles. The van der Waals surface area contributed by atoms with Crippen molar-refractivity contribution in [2.45, 2.75) is 46.7 Å². The zero-order valence-corrected chi connectivity index (χ0v) is 13.6. The van der Waals surface area contributed by atoms with Gasteiger partial charge in [0.15, 0.2) is 0 Å². The molecule has 1 fully saturated rings. The van der Waals surface area contributed by atoms with E-state index in [1.807, 2.05) is 17.1 Å². The molecule has 1 atom stereocenters. The first kappa shape index (κ1) is 14.3. The van der Waals surface area contributed by atoms with Crippen LogP contribution in [0.4, 0.5) is 0 Å². The summed E-state index contributed by atoms with van der Waals surface area (Å²) in [4.78, 5) is 4.09. The fraction of sp³-hybridized carbons (Fsp3) is 0.500. The maximum atomic E-state index is 4.09. The van der Waals surface area contributed by atoms with Crippen molar-refractivity contribution in [3.8, 4) is 5.69 Å². The summed E-state index contributed by atoms with van der Waals surface area (Å²) in [7, 11) is 0. The minimum Gasteiger partial charge on any atom is -0.306 e. The Morgan fingerprint density at radius 1 is 1.10 bits per heavy atom. The monoisotopic (exact) mass is 283 g/mol. The summed E-state index contributed by atoms with van der Waals surface area (Å²) in [6.45, 7) is 11.6. The predicted octanol–water partition coefficient (Wildman–Crippen LogP) is 3.96. The highest BCUT2D eigenvalue weighted by Crippen LogP contribution is 2.63. The van der Waals surface area contributed by atoms with Crippen molar-refractivity contribution in [2.75, 3.05) is 0 Å². The molecule has 3 nitrogen and oxygen atoms in total. The van der Waals surface area contributed by atoms with Crippen molar-refractivity contribution in [1.29, 1.82) is 0 Å². The van der Waals surface area contributed by atoms with E-state index in [1.54, 1.807) is 6.20 Å². The normalized spacial score (nSPS) is 21.2. The van der Waals surface area contributed by atoms with Gasteiger partial charge in [-0.2, -0.15) is 0 Å². The Morgan fingerprint density at radius 2 is 1.71 bits per heavy atom. The van der Waals surface area contributed by atoms with Gasteiger partial charge in [0, 0.05) is 30.2 Å². The van der Waals surface area contributed by atoms with Gasteiger partial charge < -0.3 is 9.88 Å². The van der Waals surface area contributed by atoms with Crippen molar-refractivity contribution in [1.82, 2.24) is 14.9 Å². The highest BCUT2D eigenvalue weighted by molar-refractivity contribution is 5.36. The third-order valence-electron chi connectivity index (χ3n) is 5.63. The first-order chi connectivity index (χ1) is 9.84. The lowest BCUT2D eigenvalue weighted by Gasteiger charge is -2.16. The Morgan fingerprint density at radius 3 is 2.19 bits per heavy atom. The van der Waals surface area contributed by atoms with Crippen molar-refractivity contribution >= 4 is 0 Å². The minimum atomic E-state index is 0.368. The number of imidazole rings is 1. The number of rotatable bonds is 4. The van der Waals surface area contributed by atoms with E-state index in [1.165, 1.54) is 5.56 Å². The maximum Gasteiger partial charge on any atom is 0.0991 e. The third-order valence-corrected chi connectivity index (χ3v) is 5.63. The summed E-state index contributed by atoms with van der Waals surface area (Å²) in [6.07, 6.45) is 5.59. The summed E-state index contributed by atoms with van der Waals surface area (Å²) in [5.74, 6) is 0. The third kappa shape index (κ3) is 2.30. The molecule has 1 aliphatic carbocycles. The smallest absolute Gasteiger partial charge is 0.0991 e. The van der Waals surface area contributed by atoms with Crippen LogP contribution in [-0.4, -0.2) is 15.6 Å². The molecule has 1 N–H and O–H groups in total. The first-order valence-corrected chi connectivity index (χ1v) is 7.68. The molecule has 1 aromatic carbocycles. The molecule has 0 aliphatic heterocycles. The quantitative estimate of drug-likeness (QED) is 0.920. The zero-order chi connectivity index (χ0) is 15.3. The molecule has 1 saturated carbocycles. The van der Waals surface area contributed by atoms with Gasteiger partial charge >= 0.3 is 0 Å². The van der Waals surface area contributed by atoms with E-state index in [9.17, 15) is 0 Å². The predicted molar refractivity (Wildman–Crippen MR) is 86.5 cm³/mol. The number of hydrogen-bond donors (Lipinski definition) is 1. The van der Waals surface area contributed by atoms with Crippen LogP contribution in [0.15, 0.2) is 43.0 Å². The lowest BCUT2D eigenvalue weighted by atomic mass is 10.0. The summed E-state index contributed by atoms with van der Waals surface area (Å²) in [6, 6.07) is 9.66. The van der Waals surface area contributed by atoms with Gasteiger partial charge in [0.1, 0.15) is 0 Å². The maximum absolute atomic E-state index is 4.09. The average Bonchev–Trinajstić information content (AvgIpc) is 2.87. The second kappa shape index (κ2) is 4.70. The van der Waals surface area contributed by atoms with E-state index < -0.39 is 0 Å². The van der Waals surface area contributed by atoms with Crippen molar-refractivity contribution < 1.29 is 0 Å². The second-order valence-corrected chi connectivity index (χ2v) is 7.33. The van der Waals surface area contributed by atoms with E-state index in [0.717, 1.165) is 5.69 Å². The lowest BCUT2D eigenvalue weighted by molar-refractivity contribution is 0.457. The van der Waals surface area contributed by atoms with E-state index in [-0.39, 0.29) is 0 Å². The van der Waals surface area contributed by atoms with Gasteiger partial charge in [0.05, 0.1) is 6.33 Å². The second-order valence-electron chi connectivity index (χ2n) is 7.33. The lowest BCUT2D eigenvalue weighted by Crippen LogP contribution is -2.25. The molecule has 3 heteroatoms. The number of aromatic nitrogens is 2. The number of nitrogens with zero attached hydrogens (tertiary/aromatic N) is 2. The Labute approximate surface area is 127 Å². The van der Waals surface area contributed by atoms with Crippen LogP contribution in [0, 0.1) is 10.8 Å². The molecule has 21 heavy (non-hydrogen) atoms. The Kier molecular flexibility index (Phi) is 3.21. The Hall–Kier alpha value is -1.61. The number of benzene rings is 1. The molecule has 1 aromatic heterocycles. The molecule has 0 amide bonds. The van der Waals surface area contributed by atoms with Crippen LogP contribution in [0.1, 0.15) is 46.2 Å². The SMILES string of the molecule is CC(NC1C(C)(C)C1(C)C)c1ccc(-n2ccnc2)cc1. The molecule has 0 radical (unpaired) electrons. The molecule has 3 rings (SSSR count). The van der Waals surface area contributed by atoms with E-state index >= 15 is 0 Å². The largest absolute Gasteiger partial charge is 0.306 e. The average molecular weight is 283 g/mol.